The number of aliphatic hydroxyl groups excluding tert-OH is 1. The third-order valence-electron chi connectivity index (χ3n) is 10.8. The molecule has 3 nitrogen and oxygen atoms in total. The number of aromatic hydroxyl groups is 1. The molecule has 2 fully saturated rings. The average Bonchev–Trinajstić information content (AvgIpc) is 3.22. The van der Waals surface area contributed by atoms with Gasteiger partial charge in [-0.25, -0.2) is 0 Å². The summed E-state index contributed by atoms with van der Waals surface area (Å²) in [4.78, 5) is 0. The molecule has 240 valence electrons. The summed E-state index contributed by atoms with van der Waals surface area (Å²) < 4.78 is 74.5. The van der Waals surface area contributed by atoms with E-state index in [0.717, 1.165) is 64.2 Å². The normalized spacial score (nSPS) is 30.0. The monoisotopic (exact) mass is 620 g/mol. The Bertz CT molecular complexity index is 1050. The van der Waals surface area contributed by atoms with Gasteiger partial charge in [0.15, 0.2) is 0 Å². The molecule has 0 amide bonds. The highest BCUT2D eigenvalue weighted by Gasteiger charge is 2.57. The first-order chi connectivity index (χ1) is 19.8. The number of halogens is 5. The molecule has 1 aromatic rings. The lowest BCUT2D eigenvalue weighted by Gasteiger charge is -2.53. The molecule has 4 rings (SSSR count). The number of unbranched alkanes of at least 4 members (excludes halogenated alkanes) is 7. The first-order valence-corrected chi connectivity index (χ1v) is 17.6. The van der Waals surface area contributed by atoms with Gasteiger partial charge in [0, 0.05) is 28.7 Å². The summed E-state index contributed by atoms with van der Waals surface area (Å²) in [7, 11) is -1.35. The minimum absolute atomic E-state index is 0.0300. The fourth-order valence-electron chi connectivity index (χ4n) is 8.46. The summed E-state index contributed by atoms with van der Waals surface area (Å²) in [5.74, 6) is -1.83. The van der Waals surface area contributed by atoms with E-state index in [1.165, 1.54) is 30.4 Å². The Labute approximate surface area is 250 Å². The van der Waals surface area contributed by atoms with Crippen molar-refractivity contribution in [2.45, 2.75) is 134 Å². The lowest BCUT2D eigenvalue weighted by atomic mass is 9.52. The van der Waals surface area contributed by atoms with Crippen molar-refractivity contribution >= 4 is 10.8 Å². The van der Waals surface area contributed by atoms with Gasteiger partial charge in [-0.3, -0.25) is 4.21 Å². The Kier molecular flexibility index (Phi) is 11.4. The van der Waals surface area contributed by atoms with Crippen molar-refractivity contribution in [1.82, 2.24) is 0 Å². The summed E-state index contributed by atoms with van der Waals surface area (Å²) >= 11 is 0. The molecule has 0 bridgehead atoms. The van der Waals surface area contributed by atoms with Crippen molar-refractivity contribution in [3.8, 4) is 5.75 Å². The SMILES string of the molecule is C[C@]12CCC3c4ccc(O)cc4C[C@@H](CCCCCCCCCCS(=O)CCCC(F)(F)C(F)(F)F)[C@H]3C1CC[C@@H]2O. The molecule has 0 saturated heterocycles. The van der Waals surface area contributed by atoms with Gasteiger partial charge in [-0.2, -0.15) is 22.0 Å². The van der Waals surface area contributed by atoms with Crippen molar-refractivity contribution in [3.05, 3.63) is 29.3 Å². The number of benzene rings is 1. The van der Waals surface area contributed by atoms with Crippen molar-refractivity contribution in [2.75, 3.05) is 11.5 Å². The van der Waals surface area contributed by atoms with Crippen molar-refractivity contribution in [2.24, 2.45) is 23.2 Å². The van der Waals surface area contributed by atoms with E-state index in [1.54, 1.807) is 0 Å². The molecular weight excluding hydrogens is 571 g/mol. The molecule has 2 N–H and O–H groups in total. The van der Waals surface area contributed by atoms with Crippen LogP contribution in [-0.4, -0.2) is 44.1 Å². The summed E-state index contributed by atoms with van der Waals surface area (Å²) in [5, 5.41) is 21.0. The standard InChI is InChI=1S/C33H49F5O3S/c1-31-18-16-27-26-13-12-25(39)22-24(26)21-23(30(27)28(31)14-15-29(31)40)11-8-6-4-2-3-5-7-9-19-42(41)20-10-17-32(34,35)33(36,37)38/h12-13,22-23,27-30,39-40H,2-11,14-21H2,1H3/t23-,27?,28?,29+,30-,31+,42?/m1/s1. The molecule has 3 aliphatic rings. The molecule has 0 radical (unpaired) electrons. The lowest BCUT2D eigenvalue weighted by molar-refractivity contribution is -0.284. The van der Waals surface area contributed by atoms with Gasteiger partial charge in [-0.15, -0.1) is 0 Å². The van der Waals surface area contributed by atoms with Gasteiger partial charge in [0.25, 0.3) is 0 Å². The van der Waals surface area contributed by atoms with Crippen molar-refractivity contribution in [1.29, 1.82) is 0 Å². The van der Waals surface area contributed by atoms with E-state index in [0.29, 0.717) is 41.6 Å². The van der Waals surface area contributed by atoms with E-state index in [-0.39, 0.29) is 17.3 Å². The van der Waals surface area contributed by atoms with Gasteiger partial charge in [-0.05, 0) is 104 Å². The number of hydrogen-bond donors (Lipinski definition) is 2. The van der Waals surface area contributed by atoms with Crippen molar-refractivity contribution in [3.63, 3.8) is 0 Å². The number of phenols is 1. The number of alkyl halides is 5. The number of rotatable bonds is 15. The van der Waals surface area contributed by atoms with Crippen LogP contribution in [0.4, 0.5) is 22.0 Å². The van der Waals surface area contributed by atoms with E-state index in [4.69, 9.17) is 0 Å². The Morgan fingerprint density at radius 2 is 1.55 bits per heavy atom. The van der Waals surface area contributed by atoms with Gasteiger partial charge >= 0.3 is 12.1 Å². The highest BCUT2D eigenvalue weighted by molar-refractivity contribution is 7.84. The zero-order valence-corrected chi connectivity index (χ0v) is 25.8. The molecular formula is C33H49F5O3S. The predicted octanol–water partition coefficient (Wildman–Crippen LogP) is 9.07. The maximum atomic E-state index is 12.9. The first kappa shape index (κ1) is 33.7. The molecule has 0 aromatic heterocycles. The molecule has 3 aliphatic carbocycles. The van der Waals surface area contributed by atoms with Crippen LogP contribution in [0.5, 0.6) is 5.75 Å². The fourth-order valence-corrected chi connectivity index (χ4v) is 9.66. The fraction of sp³-hybridized carbons (Fsp3) is 0.818. The molecule has 9 heteroatoms. The molecule has 0 aliphatic heterocycles. The molecule has 0 spiro atoms. The number of aliphatic hydroxyl groups is 1. The molecule has 2 saturated carbocycles. The zero-order chi connectivity index (χ0) is 30.5. The van der Waals surface area contributed by atoms with Crippen LogP contribution < -0.4 is 0 Å². The van der Waals surface area contributed by atoms with Gasteiger partial charge in [-0.1, -0.05) is 57.9 Å². The quantitative estimate of drug-likeness (QED) is 0.152. The number of phenolic OH excluding ortho intramolecular Hbond substituents is 1. The second-order valence-corrected chi connectivity index (χ2v) is 15.2. The van der Waals surface area contributed by atoms with E-state index in [9.17, 15) is 36.4 Å². The van der Waals surface area contributed by atoms with Gasteiger partial charge in [0.05, 0.1) is 6.10 Å². The highest BCUT2D eigenvalue weighted by Crippen LogP contribution is 2.62. The van der Waals surface area contributed by atoms with Gasteiger partial charge < -0.3 is 10.2 Å². The van der Waals surface area contributed by atoms with Crippen LogP contribution in [-0.2, 0) is 17.2 Å². The summed E-state index contributed by atoms with van der Waals surface area (Å²) in [6.07, 6.45) is 7.35. The Morgan fingerprint density at radius 1 is 0.905 bits per heavy atom. The minimum Gasteiger partial charge on any atom is -0.508 e. The van der Waals surface area contributed by atoms with Crippen LogP contribution in [0, 0.1) is 23.2 Å². The maximum absolute atomic E-state index is 12.9. The van der Waals surface area contributed by atoms with Gasteiger partial charge in [0.1, 0.15) is 5.75 Å². The zero-order valence-electron chi connectivity index (χ0n) is 24.9. The Hall–Kier alpha value is -1.22. The molecule has 7 atom stereocenters. The predicted molar refractivity (Wildman–Crippen MR) is 157 cm³/mol. The van der Waals surface area contributed by atoms with Crippen LogP contribution in [0.2, 0.25) is 0 Å². The summed E-state index contributed by atoms with van der Waals surface area (Å²) in [5.41, 5.74) is 2.76. The minimum atomic E-state index is -5.54. The molecule has 1 aromatic carbocycles. The second-order valence-electron chi connectivity index (χ2n) is 13.5. The van der Waals surface area contributed by atoms with Crippen LogP contribution in [0.25, 0.3) is 0 Å². The largest absolute Gasteiger partial charge is 0.508 e. The van der Waals surface area contributed by atoms with Crippen LogP contribution in [0.1, 0.15) is 120 Å². The third kappa shape index (κ3) is 7.89. The Balaban J connectivity index is 1.12. The number of hydrogen-bond acceptors (Lipinski definition) is 3. The van der Waals surface area contributed by atoms with Crippen LogP contribution in [0.15, 0.2) is 18.2 Å². The first-order valence-electron chi connectivity index (χ1n) is 16.1. The van der Waals surface area contributed by atoms with Crippen molar-refractivity contribution < 1.29 is 36.4 Å². The highest BCUT2D eigenvalue weighted by atomic mass is 32.2. The van der Waals surface area contributed by atoms with E-state index >= 15 is 0 Å². The molecule has 42 heavy (non-hydrogen) atoms. The van der Waals surface area contributed by atoms with Crippen LogP contribution >= 0.6 is 0 Å². The Morgan fingerprint density at radius 3 is 2.24 bits per heavy atom. The topological polar surface area (TPSA) is 57.5 Å². The van der Waals surface area contributed by atoms with Gasteiger partial charge in [0.2, 0.25) is 0 Å². The maximum Gasteiger partial charge on any atom is 0.453 e. The van der Waals surface area contributed by atoms with E-state index in [2.05, 4.69) is 13.0 Å². The molecule has 0 heterocycles. The van der Waals surface area contributed by atoms with E-state index < -0.39 is 35.7 Å². The summed E-state index contributed by atoms with van der Waals surface area (Å²) in [6.45, 7) is 2.31. The number of fused-ring (bicyclic) bond motifs is 5. The summed E-state index contributed by atoms with van der Waals surface area (Å²) in [6, 6.07) is 5.95. The van der Waals surface area contributed by atoms with E-state index in [1.807, 2.05) is 12.1 Å². The lowest BCUT2D eigenvalue weighted by Crippen LogP contribution is -2.47. The smallest absolute Gasteiger partial charge is 0.453 e. The van der Waals surface area contributed by atoms with Crippen LogP contribution in [0.3, 0.4) is 0 Å². The average molecular weight is 621 g/mol. The third-order valence-corrected chi connectivity index (χ3v) is 12.3. The molecule has 3 unspecified atom stereocenters. The second kappa shape index (κ2) is 14.3.